The van der Waals surface area contributed by atoms with E-state index in [9.17, 15) is 0 Å². The van der Waals surface area contributed by atoms with E-state index in [1.54, 1.807) is 0 Å². The van der Waals surface area contributed by atoms with Gasteiger partial charge in [0.2, 0.25) is 0 Å². The molecule has 3 nitrogen and oxygen atoms in total. The summed E-state index contributed by atoms with van der Waals surface area (Å²) in [6, 6.07) is 9.05. The number of hydrogen-bond donors (Lipinski definition) is 2. The summed E-state index contributed by atoms with van der Waals surface area (Å²) in [7, 11) is 0. The van der Waals surface area contributed by atoms with E-state index in [0.29, 0.717) is 6.54 Å². The molecule has 21 heavy (non-hydrogen) atoms. The first-order valence-corrected chi connectivity index (χ1v) is 7.50. The van der Waals surface area contributed by atoms with E-state index in [2.05, 4.69) is 50.0 Å². The molecule has 1 aromatic carbocycles. The van der Waals surface area contributed by atoms with Crippen molar-refractivity contribution < 1.29 is 0 Å². The summed E-state index contributed by atoms with van der Waals surface area (Å²) < 4.78 is 0. The van der Waals surface area contributed by atoms with E-state index in [0.717, 1.165) is 0 Å². The topological polar surface area (TPSA) is 64.4 Å². The number of halogens is 1. The molecule has 0 atom stereocenters. The Labute approximate surface area is 145 Å². The van der Waals surface area contributed by atoms with Crippen molar-refractivity contribution in [3.63, 3.8) is 0 Å². The van der Waals surface area contributed by atoms with E-state index in [4.69, 9.17) is 11.5 Å². The third kappa shape index (κ3) is 4.34. The molecule has 1 aromatic rings. The van der Waals surface area contributed by atoms with Gasteiger partial charge in [-0.2, -0.15) is 0 Å². The van der Waals surface area contributed by atoms with Gasteiger partial charge in [-0.3, -0.25) is 4.99 Å². The van der Waals surface area contributed by atoms with Gasteiger partial charge < -0.3 is 11.5 Å². The van der Waals surface area contributed by atoms with Crippen LogP contribution in [0, 0.1) is 0 Å². The van der Waals surface area contributed by atoms with Gasteiger partial charge in [0.1, 0.15) is 0 Å². The van der Waals surface area contributed by atoms with E-state index >= 15 is 0 Å². The summed E-state index contributed by atoms with van der Waals surface area (Å²) in [5, 5.41) is 0. The Kier molecular flexibility index (Phi) is 6.08. The average molecular weight is 401 g/mol. The molecular formula is C17H28IN3. The highest BCUT2D eigenvalue weighted by Crippen LogP contribution is 2.41. The van der Waals surface area contributed by atoms with Crippen LogP contribution in [0.4, 0.5) is 0 Å². The van der Waals surface area contributed by atoms with Crippen LogP contribution >= 0.6 is 24.0 Å². The minimum absolute atomic E-state index is 0. The van der Waals surface area contributed by atoms with Crippen LogP contribution in [0.15, 0.2) is 29.3 Å². The molecule has 1 aliphatic carbocycles. The van der Waals surface area contributed by atoms with Crippen LogP contribution < -0.4 is 11.5 Å². The van der Waals surface area contributed by atoms with Gasteiger partial charge in [0.05, 0.1) is 6.54 Å². The summed E-state index contributed by atoms with van der Waals surface area (Å²) in [6.07, 6.45) is 4.89. The average Bonchev–Trinajstić information content (AvgIpc) is 2.85. The molecule has 4 N–H and O–H groups in total. The Balaban J connectivity index is 0.00000220. The molecule has 0 saturated heterocycles. The molecule has 0 unspecified atom stereocenters. The molecule has 0 radical (unpaired) electrons. The maximum absolute atomic E-state index is 5.52. The van der Waals surface area contributed by atoms with Crippen LogP contribution in [0.25, 0.3) is 0 Å². The van der Waals surface area contributed by atoms with Crippen molar-refractivity contribution in [1.82, 2.24) is 0 Å². The monoisotopic (exact) mass is 401 g/mol. The van der Waals surface area contributed by atoms with Crippen molar-refractivity contribution in [1.29, 1.82) is 0 Å². The summed E-state index contributed by atoms with van der Waals surface area (Å²) in [5.74, 6) is 0.197. The first-order valence-electron chi connectivity index (χ1n) is 7.50. The molecule has 1 fully saturated rings. The Hall–Kier alpha value is -0.780. The number of guanidine groups is 1. The molecule has 2 rings (SSSR count). The van der Waals surface area contributed by atoms with E-state index in [1.165, 1.54) is 36.8 Å². The second-order valence-electron chi connectivity index (χ2n) is 7.06. The number of aliphatic imine (C=N–C) groups is 1. The maximum Gasteiger partial charge on any atom is 0.185 e. The van der Waals surface area contributed by atoms with Crippen LogP contribution in [-0.2, 0) is 10.8 Å². The maximum atomic E-state index is 5.52. The van der Waals surface area contributed by atoms with Gasteiger partial charge in [-0.15, -0.1) is 24.0 Å². The lowest BCUT2D eigenvalue weighted by molar-refractivity contribution is 0.453. The fourth-order valence-corrected chi connectivity index (χ4v) is 3.16. The highest BCUT2D eigenvalue weighted by molar-refractivity contribution is 14.0. The zero-order chi connectivity index (χ0) is 14.8. The van der Waals surface area contributed by atoms with Crippen molar-refractivity contribution in [2.24, 2.45) is 16.5 Å². The van der Waals surface area contributed by atoms with Gasteiger partial charge >= 0.3 is 0 Å². The Morgan fingerprint density at radius 3 is 2.05 bits per heavy atom. The number of hydrogen-bond acceptors (Lipinski definition) is 1. The summed E-state index contributed by atoms with van der Waals surface area (Å²) in [6.45, 7) is 7.44. The highest BCUT2D eigenvalue weighted by atomic mass is 127. The first kappa shape index (κ1) is 18.3. The summed E-state index contributed by atoms with van der Waals surface area (Å²) >= 11 is 0. The number of benzene rings is 1. The van der Waals surface area contributed by atoms with Gasteiger partial charge in [-0.25, -0.2) is 0 Å². The second kappa shape index (κ2) is 6.99. The van der Waals surface area contributed by atoms with Crippen LogP contribution in [-0.4, -0.2) is 12.5 Å². The van der Waals surface area contributed by atoms with Crippen molar-refractivity contribution in [3.8, 4) is 0 Å². The number of rotatable bonds is 3. The summed E-state index contributed by atoms with van der Waals surface area (Å²) in [5.41, 5.74) is 14.1. The van der Waals surface area contributed by atoms with E-state index in [-0.39, 0.29) is 40.8 Å². The molecular weight excluding hydrogens is 373 g/mol. The van der Waals surface area contributed by atoms with Crippen molar-refractivity contribution in [2.45, 2.75) is 57.3 Å². The molecule has 0 bridgehead atoms. The van der Waals surface area contributed by atoms with Gasteiger partial charge in [0.15, 0.2) is 5.96 Å². The molecule has 0 aromatic heterocycles. The van der Waals surface area contributed by atoms with E-state index < -0.39 is 0 Å². The molecule has 4 heteroatoms. The lowest BCUT2D eigenvalue weighted by atomic mass is 9.77. The van der Waals surface area contributed by atoms with Gasteiger partial charge in [-0.1, -0.05) is 57.9 Å². The molecule has 118 valence electrons. The van der Waals surface area contributed by atoms with Crippen LogP contribution in [0.2, 0.25) is 0 Å². The third-order valence-corrected chi connectivity index (χ3v) is 4.49. The van der Waals surface area contributed by atoms with Gasteiger partial charge in [-0.05, 0) is 29.4 Å². The Morgan fingerprint density at radius 1 is 1.10 bits per heavy atom. The number of nitrogens with zero attached hydrogens (tertiary/aromatic N) is 1. The SMILES string of the molecule is CC(C)(C)c1ccc(C2(CN=C(N)N)CCCC2)cc1.I. The highest BCUT2D eigenvalue weighted by Gasteiger charge is 2.35. The quantitative estimate of drug-likeness (QED) is 0.461. The minimum Gasteiger partial charge on any atom is -0.370 e. The smallest absolute Gasteiger partial charge is 0.185 e. The largest absolute Gasteiger partial charge is 0.370 e. The van der Waals surface area contributed by atoms with Crippen molar-refractivity contribution >= 4 is 29.9 Å². The normalized spacial score (nSPS) is 17.1. The Bertz CT molecular complexity index is 476. The van der Waals surface area contributed by atoms with Gasteiger partial charge in [0, 0.05) is 5.41 Å². The van der Waals surface area contributed by atoms with Crippen molar-refractivity contribution in [3.05, 3.63) is 35.4 Å². The summed E-state index contributed by atoms with van der Waals surface area (Å²) in [4.78, 5) is 4.30. The molecule has 0 heterocycles. The fourth-order valence-electron chi connectivity index (χ4n) is 3.16. The van der Waals surface area contributed by atoms with E-state index in [1.807, 2.05) is 0 Å². The van der Waals surface area contributed by atoms with Crippen molar-refractivity contribution in [2.75, 3.05) is 6.54 Å². The number of nitrogens with two attached hydrogens (primary N) is 2. The lowest BCUT2D eigenvalue weighted by Gasteiger charge is -2.29. The zero-order valence-corrected chi connectivity index (χ0v) is 15.7. The van der Waals surface area contributed by atoms with Crippen LogP contribution in [0.3, 0.4) is 0 Å². The molecule has 0 spiro atoms. The fraction of sp³-hybridized carbons (Fsp3) is 0.588. The standard InChI is InChI=1S/C17H27N3.HI/c1-16(2,3)13-6-8-14(9-7-13)17(10-4-5-11-17)12-20-15(18)19;/h6-9H,4-5,10-12H2,1-3H3,(H4,18,19,20);1H. The molecule has 0 aliphatic heterocycles. The van der Waals surface area contributed by atoms with Crippen LogP contribution in [0.1, 0.15) is 57.6 Å². The first-order chi connectivity index (χ1) is 9.33. The molecule has 1 saturated carbocycles. The second-order valence-corrected chi connectivity index (χ2v) is 7.06. The molecule has 0 amide bonds. The predicted molar refractivity (Wildman–Crippen MR) is 101 cm³/mol. The third-order valence-electron chi connectivity index (χ3n) is 4.49. The minimum atomic E-state index is 0. The van der Waals surface area contributed by atoms with Crippen LogP contribution in [0.5, 0.6) is 0 Å². The lowest BCUT2D eigenvalue weighted by Crippen LogP contribution is -2.30. The zero-order valence-electron chi connectivity index (χ0n) is 13.4. The predicted octanol–water partition coefficient (Wildman–Crippen LogP) is 3.69. The Morgan fingerprint density at radius 2 is 1.62 bits per heavy atom. The molecule has 1 aliphatic rings. The van der Waals surface area contributed by atoms with Gasteiger partial charge in [0.25, 0.3) is 0 Å².